The largest absolute Gasteiger partial charge is 0.460 e. The molecular weight excluding hydrogens is 196 g/mol. The molecule has 0 fully saturated rings. The molecule has 0 bridgehead atoms. The Balaban J connectivity index is 4.71. The van der Waals surface area contributed by atoms with Crippen molar-refractivity contribution in [1.29, 1.82) is 0 Å². The Hall–Kier alpha value is -1.19. The van der Waals surface area contributed by atoms with E-state index in [1.807, 2.05) is 13.8 Å². The van der Waals surface area contributed by atoms with E-state index >= 15 is 0 Å². The first-order valence-electron chi connectivity index (χ1n) is 5.18. The minimum Gasteiger partial charge on any atom is -0.460 e. The van der Waals surface area contributed by atoms with Crippen molar-refractivity contribution in [3.63, 3.8) is 0 Å². The van der Waals surface area contributed by atoms with Crippen molar-refractivity contribution in [3.8, 4) is 0 Å². The Morgan fingerprint density at radius 2 is 1.53 bits per heavy atom. The number of ketones is 2. The molecule has 0 aliphatic rings. The molecule has 4 heteroatoms. The van der Waals surface area contributed by atoms with Gasteiger partial charge in [-0.1, -0.05) is 20.8 Å². The van der Waals surface area contributed by atoms with Gasteiger partial charge in [-0.15, -0.1) is 0 Å². The van der Waals surface area contributed by atoms with Gasteiger partial charge in [-0.05, 0) is 19.8 Å². The fourth-order valence-corrected chi connectivity index (χ4v) is 1.13. The molecule has 0 saturated heterocycles. The van der Waals surface area contributed by atoms with Crippen LogP contribution in [0.4, 0.5) is 0 Å². The fourth-order valence-electron chi connectivity index (χ4n) is 1.13. The molecule has 0 spiro atoms. The standard InChI is InChI=1S/C11H18O4/c1-5-11(4,6-2)9(13)8(12)10(14)15-7-3/h5-7H2,1-4H3. The quantitative estimate of drug-likeness (QED) is 0.382. The maximum atomic E-state index is 11.7. The number of hydrogen-bond acceptors (Lipinski definition) is 4. The van der Waals surface area contributed by atoms with Crippen molar-refractivity contribution in [2.45, 2.75) is 40.5 Å². The van der Waals surface area contributed by atoms with Gasteiger partial charge in [0.1, 0.15) is 0 Å². The number of hydrogen-bond donors (Lipinski definition) is 0. The molecular formula is C11H18O4. The molecule has 4 nitrogen and oxygen atoms in total. The van der Waals surface area contributed by atoms with Gasteiger partial charge in [0, 0.05) is 5.41 Å². The van der Waals surface area contributed by atoms with Crippen molar-refractivity contribution in [3.05, 3.63) is 0 Å². The van der Waals surface area contributed by atoms with Crippen molar-refractivity contribution in [2.75, 3.05) is 6.61 Å². The lowest BCUT2D eigenvalue weighted by molar-refractivity contribution is -0.158. The van der Waals surface area contributed by atoms with E-state index in [1.54, 1.807) is 13.8 Å². The average molecular weight is 214 g/mol. The molecule has 0 N–H and O–H groups in total. The zero-order valence-electron chi connectivity index (χ0n) is 9.75. The van der Waals surface area contributed by atoms with E-state index in [0.29, 0.717) is 12.8 Å². The van der Waals surface area contributed by atoms with Crippen LogP contribution in [0.3, 0.4) is 0 Å². The van der Waals surface area contributed by atoms with Gasteiger partial charge in [-0.2, -0.15) is 0 Å². The summed E-state index contributed by atoms with van der Waals surface area (Å²) >= 11 is 0. The number of esters is 1. The van der Waals surface area contributed by atoms with Crippen LogP contribution in [0.5, 0.6) is 0 Å². The van der Waals surface area contributed by atoms with Gasteiger partial charge in [-0.3, -0.25) is 9.59 Å². The highest BCUT2D eigenvalue weighted by molar-refractivity contribution is 6.63. The molecule has 0 rings (SSSR count). The highest BCUT2D eigenvalue weighted by atomic mass is 16.5. The third-order valence-electron chi connectivity index (χ3n) is 2.78. The van der Waals surface area contributed by atoms with E-state index in [2.05, 4.69) is 4.74 Å². The molecule has 0 aromatic carbocycles. The lowest BCUT2D eigenvalue weighted by Gasteiger charge is -2.22. The average Bonchev–Trinajstić information content (AvgIpc) is 2.26. The van der Waals surface area contributed by atoms with Crippen LogP contribution < -0.4 is 0 Å². The highest BCUT2D eigenvalue weighted by Crippen LogP contribution is 2.26. The summed E-state index contributed by atoms with van der Waals surface area (Å²) in [7, 11) is 0. The van der Waals surface area contributed by atoms with Gasteiger partial charge in [0.05, 0.1) is 6.61 Å². The Labute approximate surface area is 90.0 Å². The lowest BCUT2D eigenvalue weighted by atomic mass is 9.79. The summed E-state index contributed by atoms with van der Waals surface area (Å²) in [5.41, 5.74) is -0.746. The zero-order chi connectivity index (χ0) is 12.1. The molecule has 86 valence electrons. The van der Waals surface area contributed by atoms with Crippen LogP contribution in [0, 0.1) is 5.41 Å². The molecule has 0 aliphatic heterocycles. The number of rotatable bonds is 6. The molecule has 0 unspecified atom stereocenters. The van der Waals surface area contributed by atoms with Gasteiger partial charge in [0.15, 0.2) is 0 Å². The zero-order valence-corrected chi connectivity index (χ0v) is 9.75. The Morgan fingerprint density at radius 3 is 1.87 bits per heavy atom. The molecule has 0 amide bonds. The SMILES string of the molecule is CCOC(=O)C(=O)C(=O)C(C)(CC)CC. The number of Topliss-reactive ketones (excluding diaryl/α,β-unsaturated/α-hetero) is 2. The van der Waals surface area contributed by atoms with Crippen molar-refractivity contribution >= 4 is 17.5 Å². The minimum absolute atomic E-state index is 0.104. The first-order valence-corrected chi connectivity index (χ1v) is 5.18. The Bertz CT molecular complexity index is 264. The highest BCUT2D eigenvalue weighted by Gasteiger charge is 2.38. The Kier molecular flexibility index (Phi) is 5.19. The van der Waals surface area contributed by atoms with E-state index in [9.17, 15) is 14.4 Å². The predicted octanol–water partition coefficient (Wildman–Crippen LogP) is 1.51. The summed E-state index contributed by atoms with van der Waals surface area (Å²) in [5, 5.41) is 0. The molecule has 0 aliphatic carbocycles. The number of carbonyl (C=O) groups is 3. The van der Waals surface area contributed by atoms with Gasteiger partial charge >= 0.3 is 11.8 Å². The van der Waals surface area contributed by atoms with Crippen LogP contribution in [0.15, 0.2) is 0 Å². The molecule has 0 atom stereocenters. The second-order valence-corrected chi connectivity index (χ2v) is 3.65. The van der Waals surface area contributed by atoms with Crippen LogP contribution in [-0.4, -0.2) is 24.1 Å². The first-order chi connectivity index (χ1) is 6.92. The minimum atomic E-state index is -1.05. The maximum Gasteiger partial charge on any atom is 0.382 e. The fraction of sp³-hybridized carbons (Fsp3) is 0.727. The summed E-state index contributed by atoms with van der Waals surface area (Å²) in [6, 6.07) is 0. The monoisotopic (exact) mass is 214 g/mol. The van der Waals surface area contributed by atoms with E-state index in [4.69, 9.17) is 0 Å². The van der Waals surface area contributed by atoms with Crippen molar-refractivity contribution in [2.24, 2.45) is 5.41 Å². The van der Waals surface area contributed by atoms with E-state index in [1.165, 1.54) is 0 Å². The normalized spacial score (nSPS) is 10.9. The second kappa shape index (κ2) is 5.63. The van der Waals surface area contributed by atoms with Crippen molar-refractivity contribution < 1.29 is 19.1 Å². The van der Waals surface area contributed by atoms with Gasteiger partial charge < -0.3 is 4.74 Å². The topological polar surface area (TPSA) is 60.4 Å². The summed E-state index contributed by atoms with van der Waals surface area (Å²) < 4.78 is 4.50. The van der Waals surface area contributed by atoms with Gasteiger partial charge in [0.2, 0.25) is 5.78 Å². The summed E-state index contributed by atoms with van der Waals surface area (Å²) in [6.07, 6.45) is 1.07. The van der Waals surface area contributed by atoms with Gasteiger partial charge in [-0.25, -0.2) is 4.79 Å². The van der Waals surface area contributed by atoms with Crippen LogP contribution in [0.2, 0.25) is 0 Å². The summed E-state index contributed by atoms with van der Waals surface area (Å²) in [5.74, 6) is -2.73. The number of carbonyl (C=O) groups excluding carboxylic acids is 3. The second-order valence-electron chi connectivity index (χ2n) is 3.65. The predicted molar refractivity (Wildman–Crippen MR) is 55.3 cm³/mol. The van der Waals surface area contributed by atoms with E-state index < -0.39 is 23.0 Å². The molecule has 0 radical (unpaired) electrons. The molecule has 15 heavy (non-hydrogen) atoms. The maximum absolute atomic E-state index is 11.7. The molecule has 0 saturated carbocycles. The van der Waals surface area contributed by atoms with E-state index in [0.717, 1.165) is 0 Å². The van der Waals surface area contributed by atoms with Crippen molar-refractivity contribution in [1.82, 2.24) is 0 Å². The molecule has 0 heterocycles. The molecule has 0 aromatic heterocycles. The molecule has 0 aromatic rings. The third kappa shape index (κ3) is 3.15. The van der Waals surface area contributed by atoms with Crippen LogP contribution >= 0.6 is 0 Å². The third-order valence-corrected chi connectivity index (χ3v) is 2.78. The van der Waals surface area contributed by atoms with Crippen LogP contribution in [0.1, 0.15) is 40.5 Å². The summed E-state index contributed by atoms with van der Waals surface area (Å²) in [6.45, 7) is 7.02. The van der Waals surface area contributed by atoms with Crippen LogP contribution in [0.25, 0.3) is 0 Å². The summed E-state index contributed by atoms with van der Waals surface area (Å²) in [4.78, 5) is 34.1. The van der Waals surface area contributed by atoms with E-state index in [-0.39, 0.29) is 6.61 Å². The number of ether oxygens (including phenoxy) is 1. The lowest BCUT2D eigenvalue weighted by Crippen LogP contribution is -2.37. The smallest absolute Gasteiger partial charge is 0.382 e. The van der Waals surface area contributed by atoms with Gasteiger partial charge in [0.25, 0.3) is 0 Å². The first kappa shape index (κ1) is 13.8. The Morgan fingerprint density at radius 1 is 1.07 bits per heavy atom. The van der Waals surface area contributed by atoms with Crippen LogP contribution in [-0.2, 0) is 19.1 Å².